The summed E-state index contributed by atoms with van der Waals surface area (Å²) in [6.45, 7) is 3.78. The Morgan fingerprint density at radius 2 is 1.07 bits per heavy atom. The van der Waals surface area contributed by atoms with Crippen molar-refractivity contribution in [3.63, 3.8) is 0 Å². The standard InChI is InChI=1S/C46H52O7S/c1-35-24-26-41(27-25-35)54-34-40(47-2)28-46(48-3)45(52-32-39-22-14-7-15-23-39)44(51-31-38-20-12-6-13-21-38)43(50-30-37-18-10-5-11-19-37)42(53-46)33-49-29-36-16-8-4-9-17-36/h4-27,40,42-45H,28-34H2,1-3H3/t40-,42+,43+,44-,45+,46-/m0/s1. The highest BCUT2D eigenvalue weighted by molar-refractivity contribution is 7.99. The number of hydrogen-bond donors (Lipinski definition) is 0. The van der Waals surface area contributed by atoms with Crippen molar-refractivity contribution >= 4 is 11.8 Å². The van der Waals surface area contributed by atoms with Crippen LogP contribution in [0.1, 0.15) is 34.2 Å². The molecule has 0 aromatic heterocycles. The number of aryl methyl sites for hydroxylation is 1. The van der Waals surface area contributed by atoms with Gasteiger partial charge < -0.3 is 33.2 Å². The van der Waals surface area contributed by atoms with Gasteiger partial charge in [0.1, 0.15) is 24.4 Å². The van der Waals surface area contributed by atoms with Crippen LogP contribution in [0.5, 0.6) is 0 Å². The molecule has 0 saturated carbocycles. The molecule has 54 heavy (non-hydrogen) atoms. The zero-order chi connectivity index (χ0) is 37.4. The van der Waals surface area contributed by atoms with Crippen LogP contribution in [0.4, 0.5) is 0 Å². The van der Waals surface area contributed by atoms with Gasteiger partial charge in [0.2, 0.25) is 0 Å². The van der Waals surface area contributed by atoms with Gasteiger partial charge in [-0.1, -0.05) is 139 Å². The molecule has 6 rings (SSSR count). The maximum Gasteiger partial charge on any atom is 0.200 e. The highest BCUT2D eigenvalue weighted by atomic mass is 32.2. The van der Waals surface area contributed by atoms with Crippen LogP contribution in [0.3, 0.4) is 0 Å². The van der Waals surface area contributed by atoms with E-state index in [1.54, 1.807) is 26.0 Å². The SMILES string of the molecule is CO[C@H](CSc1ccc(C)cc1)C[C@]1(OC)O[C@H](COCc2ccccc2)[C@@H](OCc2ccccc2)[C@H](OCc2ccccc2)[C@H]1OCc1ccccc1. The molecule has 8 heteroatoms. The second-order valence-corrected chi connectivity index (χ2v) is 14.7. The third kappa shape index (κ3) is 11.4. The maximum atomic E-state index is 7.18. The number of thioether (sulfide) groups is 1. The minimum absolute atomic E-state index is 0.242. The zero-order valence-corrected chi connectivity index (χ0v) is 32.3. The van der Waals surface area contributed by atoms with Crippen molar-refractivity contribution in [3.8, 4) is 0 Å². The van der Waals surface area contributed by atoms with E-state index >= 15 is 0 Å². The Morgan fingerprint density at radius 3 is 1.57 bits per heavy atom. The molecule has 1 aliphatic rings. The van der Waals surface area contributed by atoms with Crippen LogP contribution >= 0.6 is 11.8 Å². The molecule has 0 unspecified atom stereocenters. The van der Waals surface area contributed by atoms with Gasteiger partial charge in [0.25, 0.3) is 0 Å². The Balaban J connectivity index is 1.35. The first-order valence-electron chi connectivity index (χ1n) is 18.6. The molecule has 1 fully saturated rings. The fourth-order valence-corrected chi connectivity index (χ4v) is 7.64. The third-order valence-corrected chi connectivity index (χ3v) is 10.8. The number of methoxy groups -OCH3 is 2. The molecule has 5 aromatic rings. The first kappa shape index (κ1) is 39.9. The Hall–Kier alpha value is -3.83. The van der Waals surface area contributed by atoms with Crippen molar-refractivity contribution in [1.82, 2.24) is 0 Å². The van der Waals surface area contributed by atoms with Crippen LogP contribution in [0.15, 0.2) is 150 Å². The van der Waals surface area contributed by atoms with E-state index in [1.165, 1.54) is 10.5 Å². The fraction of sp³-hybridized carbons (Fsp3) is 0.348. The Kier molecular flexibility index (Phi) is 15.3. The third-order valence-electron chi connectivity index (χ3n) is 9.66. The van der Waals surface area contributed by atoms with Crippen molar-refractivity contribution in [2.24, 2.45) is 0 Å². The summed E-state index contributed by atoms with van der Waals surface area (Å²) in [6.07, 6.45) is -2.34. The molecular weight excluding hydrogens is 697 g/mol. The van der Waals surface area contributed by atoms with E-state index in [4.69, 9.17) is 33.2 Å². The van der Waals surface area contributed by atoms with Gasteiger partial charge in [-0.25, -0.2) is 0 Å². The summed E-state index contributed by atoms with van der Waals surface area (Å²) in [4.78, 5) is 1.17. The molecule has 0 aliphatic carbocycles. The van der Waals surface area contributed by atoms with E-state index in [1.807, 2.05) is 72.8 Å². The van der Waals surface area contributed by atoms with E-state index in [-0.39, 0.29) is 12.7 Å². The molecule has 0 bridgehead atoms. The zero-order valence-electron chi connectivity index (χ0n) is 31.5. The highest BCUT2D eigenvalue weighted by Crippen LogP contribution is 2.41. The van der Waals surface area contributed by atoms with Crippen molar-refractivity contribution < 1.29 is 33.2 Å². The molecule has 284 valence electrons. The predicted octanol–water partition coefficient (Wildman–Crippen LogP) is 9.21. The minimum Gasteiger partial charge on any atom is -0.380 e. The van der Waals surface area contributed by atoms with Crippen LogP contribution in [0.2, 0.25) is 0 Å². The van der Waals surface area contributed by atoms with E-state index < -0.39 is 30.2 Å². The summed E-state index contributed by atoms with van der Waals surface area (Å²) < 4.78 is 47.1. The summed E-state index contributed by atoms with van der Waals surface area (Å²) in [6, 6.07) is 49.1. The number of benzene rings is 5. The quantitative estimate of drug-likeness (QED) is 0.0731. The minimum atomic E-state index is -1.28. The Bertz CT molecular complexity index is 1760. The second-order valence-electron chi connectivity index (χ2n) is 13.6. The fourth-order valence-electron chi connectivity index (χ4n) is 6.68. The monoisotopic (exact) mass is 748 g/mol. The summed E-state index contributed by atoms with van der Waals surface area (Å²) in [5.41, 5.74) is 5.40. The highest BCUT2D eigenvalue weighted by Gasteiger charge is 2.58. The van der Waals surface area contributed by atoms with Gasteiger partial charge >= 0.3 is 0 Å². The maximum absolute atomic E-state index is 7.18. The van der Waals surface area contributed by atoms with Crippen molar-refractivity contribution in [1.29, 1.82) is 0 Å². The molecule has 6 atom stereocenters. The van der Waals surface area contributed by atoms with E-state index in [0.717, 1.165) is 22.3 Å². The van der Waals surface area contributed by atoms with Gasteiger partial charge in [-0.3, -0.25) is 0 Å². The largest absolute Gasteiger partial charge is 0.380 e. The van der Waals surface area contributed by atoms with Gasteiger partial charge in [-0.2, -0.15) is 0 Å². The molecule has 0 N–H and O–H groups in total. The summed E-state index contributed by atoms with van der Waals surface area (Å²) in [5.74, 6) is -0.601. The topological polar surface area (TPSA) is 64.6 Å². The van der Waals surface area contributed by atoms with Crippen LogP contribution in [0.25, 0.3) is 0 Å². The average molecular weight is 749 g/mol. The van der Waals surface area contributed by atoms with E-state index in [9.17, 15) is 0 Å². The second kappa shape index (κ2) is 20.7. The van der Waals surface area contributed by atoms with Gasteiger partial charge in [-0.15, -0.1) is 11.8 Å². The lowest BCUT2D eigenvalue weighted by atomic mass is 9.88. The molecule has 1 aliphatic heterocycles. The van der Waals surface area contributed by atoms with Gasteiger partial charge in [-0.05, 0) is 41.3 Å². The summed E-state index contributed by atoms with van der Waals surface area (Å²) in [7, 11) is 3.42. The van der Waals surface area contributed by atoms with E-state index in [0.29, 0.717) is 38.6 Å². The lowest BCUT2D eigenvalue weighted by Crippen LogP contribution is -2.68. The van der Waals surface area contributed by atoms with Gasteiger partial charge in [0, 0.05) is 31.3 Å². The first-order valence-corrected chi connectivity index (χ1v) is 19.6. The Morgan fingerprint density at radius 1 is 0.593 bits per heavy atom. The molecule has 7 nitrogen and oxygen atoms in total. The lowest BCUT2D eigenvalue weighted by Gasteiger charge is -2.52. The van der Waals surface area contributed by atoms with Crippen LogP contribution in [0, 0.1) is 6.92 Å². The number of ether oxygens (including phenoxy) is 7. The van der Waals surface area contributed by atoms with E-state index in [2.05, 4.69) is 79.7 Å². The number of rotatable bonds is 20. The smallest absolute Gasteiger partial charge is 0.200 e. The lowest BCUT2D eigenvalue weighted by molar-refractivity contribution is -0.383. The molecule has 0 radical (unpaired) electrons. The predicted molar refractivity (Wildman–Crippen MR) is 213 cm³/mol. The van der Waals surface area contributed by atoms with Crippen molar-refractivity contribution in [2.45, 2.75) is 81.0 Å². The van der Waals surface area contributed by atoms with Crippen LogP contribution in [-0.4, -0.2) is 62.9 Å². The molecule has 0 amide bonds. The molecule has 1 saturated heterocycles. The van der Waals surface area contributed by atoms with Crippen molar-refractivity contribution in [3.05, 3.63) is 173 Å². The first-order chi connectivity index (χ1) is 26.5. The summed E-state index contributed by atoms with van der Waals surface area (Å²) in [5, 5.41) is 0. The summed E-state index contributed by atoms with van der Waals surface area (Å²) >= 11 is 1.74. The van der Waals surface area contributed by atoms with Gasteiger partial charge in [0.05, 0.1) is 39.1 Å². The van der Waals surface area contributed by atoms with Gasteiger partial charge in [0.15, 0.2) is 5.79 Å². The Labute approximate surface area is 324 Å². The normalized spacial score (nSPS) is 21.8. The average Bonchev–Trinajstić information content (AvgIpc) is 3.22. The molecule has 5 aromatic carbocycles. The van der Waals surface area contributed by atoms with Crippen LogP contribution in [-0.2, 0) is 59.6 Å². The molecule has 0 spiro atoms. The van der Waals surface area contributed by atoms with Crippen LogP contribution < -0.4 is 0 Å². The van der Waals surface area contributed by atoms with Crippen molar-refractivity contribution in [2.75, 3.05) is 26.6 Å². The number of hydrogen-bond acceptors (Lipinski definition) is 8. The molecule has 1 heterocycles. The molecular formula is C46H52O7S.